The Morgan fingerprint density at radius 2 is 1.88 bits per heavy atom. The molecule has 0 saturated carbocycles. The molecule has 2 atom stereocenters. The molecule has 3 N–H and O–H groups in total. The summed E-state index contributed by atoms with van der Waals surface area (Å²) < 4.78 is 12.1. The Morgan fingerprint density at radius 3 is 2.65 bits per heavy atom. The number of aromatic nitrogens is 3. The van der Waals surface area contributed by atoms with Crippen LogP contribution in [0.3, 0.4) is 0 Å². The first-order valence-electron chi connectivity index (χ1n) is 14.0. The maximum Gasteiger partial charge on any atom is 0.279 e. The van der Waals surface area contributed by atoms with Gasteiger partial charge in [-0.3, -0.25) is 9.59 Å². The second-order valence-corrected chi connectivity index (χ2v) is 10.9. The Hall–Kier alpha value is -4.09. The molecule has 2 aromatic carbocycles. The van der Waals surface area contributed by atoms with Crippen LogP contribution in [0.25, 0.3) is 22.4 Å². The summed E-state index contributed by atoms with van der Waals surface area (Å²) >= 11 is 7.00. The van der Waals surface area contributed by atoms with Crippen LogP contribution in [0.15, 0.2) is 59.4 Å². The van der Waals surface area contributed by atoms with Gasteiger partial charge >= 0.3 is 0 Å². The fraction of sp³-hybridized carbons (Fsp3) is 0.312. The van der Waals surface area contributed by atoms with E-state index < -0.39 is 17.6 Å². The minimum absolute atomic E-state index is 0.0161. The number of rotatable bonds is 8. The number of amides is 1. The molecule has 0 spiro atoms. The number of aryl methyl sites for hydroxylation is 2. The highest BCUT2D eigenvalue weighted by atomic mass is 35.5. The normalized spacial score (nSPS) is 16.6. The molecule has 2 unspecified atom stereocenters. The fourth-order valence-electron chi connectivity index (χ4n) is 5.24. The lowest BCUT2D eigenvalue weighted by atomic mass is 9.96. The number of carbonyl (C=O) groups excluding carboxylic acids is 1. The van der Waals surface area contributed by atoms with E-state index in [1.54, 1.807) is 20.1 Å². The van der Waals surface area contributed by atoms with Gasteiger partial charge in [0, 0.05) is 48.6 Å². The minimum Gasteiger partial charge on any atom is -0.481 e. The topological polar surface area (TPSA) is 128 Å². The van der Waals surface area contributed by atoms with Crippen molar-refractivity contribution in [2.24, 2.45) is 7.05 Å². The van der Waals surface area contributed by atoms with Crippen LogP contribution in [-0.4, -0.2) is 58.2 Å². The van der Waals surface area contributed by atoms with Crippen LogP contribution in [0.4, 0.5) is 5.69 Å². The van der Waals surface area contributed by atoms with Crippen molar-refractivity contribution in [3.63, 3.8) is 0 Å². The van der Waals surface area contributed by atoms with Crippen molar-refractivity contribution in [2.75, 3.05) is 25.6 Å². The van der Waals surface area contributed by atoms with E-state index in [2.05, 4.69) is 15.7 Å². The number of ether oxygens (including phenoxy) is 2. The third kappa shape index (κ3) is 6.47. The number of carbonyl (C=O) groups is 1. The third-order valence-corrected chi connectivity index (χ3v) is 8.00. The molecule has 0 radical (unpaired) electrons. The number of aliphatic hydroxyl groups is 1. The Morgan fingerprint density at radius 1 is 1.14 bits per heavy atom. The predicted molar refractivity (Wildman–Crippen MR) is 166 cm³/mol. The van der Waals surface area contributed by atoms with Crippen molar-refractivity contribution >= 4 is 23.2 Å². The highest BCUT2D eigenvalue weighted by molar-refractivity contribution is 6.36. The highest BCUT2D eigenvalue weighted by Gasteiger charge is 2.24. The van der Waals surface area contributed by atoms with Gasteiger partial charge in [-0.2, -0.15) is 5.10 Å². The number of methoxy groups -OCH3 is 1. The van der Waals surface area contributed by atoms with E-state index in [0.717, 1.165) is 38.9 Å². The lowest BCUT2D eigenvalue weighted by Crippen LogP contribution is -2.46. The first-order chi connectivity index (χ1) is 20.7. The Bertz CT molecular complexity index is 1720. The number of halogens is 1. The van der Waals surface area contributed by atoms with Crippen LogP contribution in [0.2, 0.25) is 5.02 Å². The lowest BCUT2D eigenvalue weighted by Gasteiger charge is -2.28. The Kier molecular flexibility index (Phi) is 9.22. The molecule has 4 aromatic rings. The zero-order valence-corrected chi connectivity index (χ0v) is 25.2. The van der Waals surface area contributed by atoms with Crippen LogP contribution in [0.5, 0.6) is 5.88 Å². The molecule has 5 rings (SSSR count). The number of anilines is 1. The molecular weight excluding hydrogens is 570 g/mol. The molecule has 0 bridgehead atoms. The second-order valence-electron chi connectivity index (χ2n) is 10.5. The molecule has 43 heavy (non-hydrogen) atoms. The number of hydrogen-bond acceptors (Lipinski definition) is 8. The lowest BCUT2D eigenvalue weighted by molar-refractivity contribution is -0.0281. The van der Waals surface area contributed by atoms with Crippen molar-refractivity contribution in [1.82, 2.24) is 20.1 Å². The molecule has 1 amide bonds. The van der Waals surface area contributed by atoms with E-state index in [1.165, 1.54) is 13.1 Å². The van der Waals surface area contributed by atoms with Gasteiger partial charge in [0.15, 0.2) is 0 Å². The summed E-state index contributed by atoms with van der Waals surface area (Å²) in [5, 5.41) is 21.0. The highest BCUT2D eigenvalue weighted by Crippen LogP contribution is 2.39. The van der Waals surface area contributed by atoms with Gasteiger partial charge in [-0.05, 0) is 49.6 Å². The number of nitrogens with zero attached hydrogens (tertiary/aromatic N) is 3. The van der Waals surface area contributed by atoms with Gasteiger partial charge in [0.25, 0.3) is 11.5 Å². The molecule has 1 aliphatic heterocycles. The van der Waals surface area contributed by atoms with Gasteiger partial charge in [-0.15, -0.1) is 0 Å². The number of aliphatic hydroxyl groups excluding tert-OH is 1. The summed E-state index contributed by atoms with van der Waals surface area (Å²) in [5.41, 5.74) is 5.28. The van der Waals surface area contributed by atoms with Gasteiger partial charge in [-0.1, -0.05) is 48.0 Å². The molecule has 1 saturated heterocycles. The first kappa shape index (κ1) is 30.4. The first-order valence-corrected chi connectivity index (χ1v) is 14.3. The van der Waals surface area contributed by atoms with Crippen molar-refractivity contribution in [1.29, 1.82) is 0 Å². The molecule has 10 nitrogen and oxygen atoms in total. The molecule has 2 aromatic heterocycles. The minimum atomic E-state index is -0.559. The number of benzene rings is 2. The van der Waals surface area contributed by atoms with Gasteiger partial charge in [0.05, 0.1) is 36.2 Å². The zero-order chi connectivity index (χ0) is 30.7. The van der Waals surface area contributed by atoms with Crippen LogP contribution < -0.4 is 20.9 Å². The Balaban J connectivity index is 1.41. The van der Waals surface area contributed by atoms with E-state index in [9.17, 15) is 14.7 Å². The summed E-state index contributed by atoms with van der Waals surface area (Å²) in [7, 11) is 3.09. The largest absolute Gasteiger partial charge is 0.481 e. The fourth-order valence-corrected chi connectivity index (χ4v) is 5.57. The van der Waals surface area contributed by atoms with E-state index in [0.29, 0.717) is 47.7 Å². The molecule has 0 aliphatic carbocycles. The molecule has 3 heterocycles. The second kappa shape index (κ2) is 13.0. The average Bonchev–Trinajstić information content (AvgIpc) is 3.00. The van der Waals surface area contributed by atoms with Gasteiger partial charge < -0.3 is 25.2 Å². The van der Waals surface area contributed by atoms with Crippen LogP contribution >= 0.6 is 11.6 Å². The summed E-state index contributed by atoms with van der Waals surface area (Å²) in [5.74, 6) is -0.0465. The molecule has 1 fully saturated rings. The summed E-state index contributed by atoms with van der Waals surface area (Å²) in [6.07, 6.45) is 0.166. The average molecular weight is 604 g/mol. The van der Waals surface area contributed by atoms with Crippen LogP contribution in [0, 0.1) is 13.8 Å². The third-order valence-electron chi connectivity index (χ3n) is 7.59. The predicted octanol–water partition coefficient (Wildman–Crippen LogP) is 4.28. The molecule has 11 heteroatoms. The van der Waals surface area contributed by atoms with Gasteiger partial charge in [0.2, 0.25) is 5.88 Å². The van der Waals surface area contributed by atoms with E-state index in [1.807, 2.05) is 49.4 Å². The van der Waals surface area contributed by atoms with Crippen molar-refractivity contribution in [3.8, 4) is 28.3 Å². The van der Waals surface area contributed by atoms with Crippen LogP contribution in [-0.2, 0) is 18.3 Å². The monoisotopic (exact) mass is 603 g/mol. The molecule has 1 aliphatic rings. The SMILES string of the molecule is COc1nc(-c2cccc(-c3cccc(NC(=O)c4cc(C)nn(C)c4=O)c3C)c2Cl)ccc1CNC1CCOCC1O. The smallest absolute Gasteiger partial charge is 0.279 e. The maximum atomic E-state index is 13.1. The quantitative estimate of drug-likeness (QED) is 0.272. The molecular formula is C32H34ClN5O5. The van der Waals surface area contributed by atoms with Gasteiger partial charge in [-0.25, -0.2) is 9.67 Å². The van der Waals surface area contributed by atoms with E-state index >= 15 is 0 Å². The standard InChI is InChI=1S/C32H34ClN5O5/c1-18-15-24(32(41)38(3)37-18)30(40)35-25-10-6-7-21(19(25)2)22-8-5-9-23(29(22)33)26-12-11-20(31(36-26)42-4)16-34-27-13-14-43-17-28(27)39/h5-12,15,27-28,34,39H,13-14,16-17H2,1-4H3,(H,35,40). The number of hydrogen-bond donors (Lipinski definition) is 3. The number of nitrogens with one attached hydrogen (secondary N) is 2. The van der Waals surface area contributed by atoms with Crippen molar-refractivity contribution in [3.05, 3.63) is 92.4 Å². The van der Waals surface area contributed by atoms with Crippen molar-refractivity contribution in [2.45, 2.75) is 39.0 Å². The van der Waals surface area contributed by atoms with Crippen LogP contribution in [0.1, 0.15) is 33.6 Å². The molecule has 224 valence electrons. The van der Waals surface area contributed by atoms with Crippen molar-refractivity contribution < 1.29 is 19.4 Å². The Labute approximate surface area is 254 Å². The van der Waals surface area contributed by atoms with E-state index in [-0.39, 0.29) is 11.6 Å². The van der Waals surface area contributed by atoms with Gasteiger partial charge in [0.1, 0.15) is 5.56 Å². The summed E-state index contributed by atoms with van der Waals surface area (Å²) in [4.78, 5) is 30.3. The number of pyridine rings is 1. The summed E-state index contributed by atoms with van der Waals surface area (Å²) in [6.45, 7) is 5.03. The summed E-state index contributed by atoms with van der Waals surface area (Å²) in [6, 6.07) is 16.5. The zero-order valence-electron chi connectivity index (χ0n) is 24.5. The maximum absolute atomic E-state index is 13.1. The van der Waals surface area contributed by atoms with E-state index in [4.69, 9.17) is 26.1 Å².